The quantitative estimate of drug-likeness (QED) is 0.747. The number of sulfonamides is 1. The Bertz CT molecular complexity index is 907. The van der Waals surface area contributed by atoms with Crippen LogP contribution in [0.1, 0.15) is 11.1 Å². The van der Waals surface area contributed by atoms with Crippen molar-refractivity contribution in [1.82, 2.24) is 14.5 Å². The minimum Gasteiger partial charge on any atom is -0.268 e. The highest BCUT2D eigenvalue weighted by atomic mass is 32.2. The third kappa shape index (κ3) is 4.06. The molecule has 1 heterocycles. The molecule has 3 rings (SSSR count). The lowest BCUT2D eigenvalue weighted by Crippen LogP contribution is -2.23. The highest BCUT2D eigenvalue weighted by Gasteiger charge is 2.14. The first kappa shape index (κ1) is 16.4. The molecule has 124 valence electrons. The molecule has 0 aliphatic heterocycles. The third-order valence-electron chi connectivity index (χ3n) is 3.50. The van der Waals surface area contributed by atoms with E-state index < -0.39 is 15.8 Å². The monoisotopic (exact) mass is 345 g/mol. The summed E-state index contributed by atoms with van der Waals surface area (Å²) in [5.74, 6) is -0.583. The molecule has 7 heteroatoms. The number of halogens is 1. The van der Waals surface area contributed by atoms with E-state index in [1.165, 1.54) is 18.2 Å². The van der Waals surface area contributed by atoms with E-state index in [1.807, 2.05) is 41.2 Å². The van der Waals surface area contributed by atoms with Gasteiger partial charge in [-0.2, -0.15) is 5.10 Å². The van der Waals surface area contributed by atoms with Crippen LogP contribution in [0.15, 0.2) is 71.9 Å². The zero-order valence-electron chi connectivity index (χ0n) is 12.8. The van der Waals surface area contributed by atoms with Crippen molar-refractivity contribution in [3.63, 3.8) is 0 Å². The van der Waals surface area contributed by atoms with Gasteiger partial charge >= 0.3 is 0 Å². The predicted octanol–water partition coefficient (Wildman–Crippen LogP) is 2.55. The molecule has 0 aliphatic rings. The standard InChI is InChI=1S/C17H16FN3O2S/c18-16-3-1-4-17(11-16)24(22,23)20-12-14-5-7-15(8-6-14)13-21-10-2-9-19-21/h1-11,20H,12-13H2. The summed E-state index contributed by atoms with van der Waals surface area (Å²) in [6.45, 7) is 0.795. The number of benzene rings is 2. The highest BCUT2D eigenvalue weighted by Crippen LogP contribution is 2.12. The molecule has 0 aliphatic carbocycles. The average Bonchev–Trinajstić information content (AvgIpc) is 3.07. The van der Waals surface area contributed by atoms with E-state index in [0.29, 0.717) is 6.54 Å². The van der Waals surface area contributed by atoms with Crippen LogP contribution in [0, 0.1) is 5.82 Å². The Morgan fingerprint density at radius 3 is 2.46 bits per heavy atom. The molecule has 0 bridgehead atoms. The van der Waals surface area contributed by atoms with Crippen LogP contribution in [0.25, 0.3) is 0 Å². The van der Waals surface area contributed by atoms with E-state index in [2.05, 4.69) is 9.82 Å². The molecule has 0 saturated heterocycles. The Hall–Kier alpha value is -2.51. The summed E-state index contributed by atoms with van der Waals surface area (Å²) in [7, 11) is -3.74. The number of nitrogens with one attached hydrogen (secondary N) is 1. The lowest BCUT2D eigenvalue weighted by Gasteiger charge is -2.08. The average molecular weight is 345 g/mol. The summed E-state index contributed by atoms with van der Waals surface area (Å²) in [6.07, 6.45) is 3.59. The molecule has 2 aromatic carbocycles. The molecule has 0 amide bonds. The second-order valence-corrected chi connectivity index (χ2v) is 7.07. The van der Waals surface area contributed by atoms with Gasteiger partial charge in [-0.25, -0.2) is 17.5 Å². The van der Waals surface area contributed by atoms with E-state index in [9.17, 15) is 12.8 Å². The lowest BCUT2D eigenvalue weighted by molar-refractivity contribution is 0.577. The molecule has 0 fully saturated rings. The maximum absolute atomic E-state index is 13.2. The minimum atomic E-state index is -3.74. The summed E-state index contributed by atoms with van der Waals surface area (Å²) in [5.41, 5.74) is 1.88. The van der Waals surface area contributed by atoms with Gasteiger partial charge in [-0.15, -0.1) is 0 Å². The van der Waals surface area contributed by atoms with E-state index in [-0.39, 0.29) is 11.4 Å². The van der Waals surface area contributed by atoms with Crippen molar-refractivity contribution in [1.29, 1.82) is 0 Å². The van der Waals surface area contributed by atoms with Crippen molar-refractivity contribution in [2.45, 2.75) is 18.0 Å². The second-order valence-electron chi connectivity index (χ2n) is 5.30. The van der Waals surface area contributed by atoms with Crippen LogP contribution in [0.5, 0.6) is 0 Å². The van der Waals surface area contributed by atoms with Gasteiger partial charge in [0, 0.05) is 18.9 Å². The second kappa shape index (κ2) is 6.94. The number of hydrogen-bond acceptors (Lipinski definition) is 3. The van der Waals surface area contributed by atoms with Crippen LogP contribution in [0.3, 0.4) is 0 Å². The fourth-order valence-electron chi connectivity index (χ4n) is 2.24. The topological polar surface area (TPSA) is 64.0 Å². The van der Waals surface area contributed by atoms with E-state index in [1.54, 1.807) is 6.20 Å². The molecule has 5 nitrogen and oxygen atoms in total. The molecule has 1 N–H and O–H groups in total. The Labute approximate surface area is 139 Å². The molecule has 0 unspecified atom stereocenters. The van der Waals surface area contributed by atoms with E-state index in [4.69, 9.17) is 0 Å². The summed E-state index contributed by atoms with van der Waals surface area (Å²) in [5, 5.41) is 4.14. The van der Waals surface area contributed by atoms with Crippen molar-refractivity contribution >= 4 is 10.0 Å². The summed E-state index contributed by atoms with van der Waals surface area (Å²) in [6, 6.07) is 14.3. The Kier molecular flexibility index (Phi) is 4.73. The molecule has 0 atom stereocenters. The van der Waals surface area contributed by atoms with Gasteiger partial charge in [0.2, 0.25) is 10.0 Å². The third-order valence-corrected chi connectivity index (χ3v) is 4.90. The van der Waals surface area contributed by atoms with Gasteiger partial charge < -0.3 is 0 Å². The molecule has 3 aromatic rings. The maximum atomic E-state index is 13.2. The number of hydrogen-bond donors (Lipinski definition) is 1. The first-order valence-corrected chi connectivity index (χ1v) is 8.82. The minimum absolute atomic E-state index is 0.0854. The van der Waals surface area contributed by atoms with Crippen molar-refractivity contribution in [3.05, 3.63) is 83.9 Å². The molecule has 1 aromatic heterocycles. The van der Waals surface area contributed by atoms with Gasteiger partial charge in [0.15, 0.2) is 0 Å². The molecular weight excluding hydrogens is 329 g/mol. The first-order valence-electron chi connectivity index (χ1n) is 7.33. The van der Waals surface area contributed by atoms with Crippen LogP contribution < -0.4 is 4.72 Å². The van der Waals surface area contributed by atoms with E-state index in [0.717, 1.165) is 17.2 Å². The summed E-state index contributed by atoms with van der Waals surface area (Å²) in [4.78, 5) is -0.0854. The van der Waals surface area contributed by atoms with Crippen molar-refractivity contribution < 1.29 is 12.8 Å². The van der Waals surface area contributed by atoms with Gasteiger partial charge in [-0.3, -0.25) is 4.68 Å². The molecule has 0 spiro atoms. The van der Waals surface area contributed by atoms with Crippen molar-refractivity contribution in [3.8, 4) is 0 Å². The van der Waals surface area contributed by atoms with Crippen LogP contribution >= 0.6 is 0 Å². The van der Waals surface area contributed by atoms with Crippen LogP contribution in [-0.2, 0) is 23.1 Å². The van der Waals surface area contributed by atoms with Gasteiger partial charge in [0.25, 0.3) is 0 Å². The number of rotatable bonds is 6. The SMILES string of the molecule is O=S(=O)(NCc1ccc(Cn2cccn2)cc1)c1cccc(F)c1. The number of aromatic nitrogens is 2. The van der Waals surface area contributed by atoms with Crippen molar-refractivity contribution in [2.75, 3.05) is 0 Å². The highest BCUT2D eigenvalue weighted by molar-refractivity contribution is 7.89. The summed E-state index contributed by atoms with van der Waals surface area (Å²) >= 11 is 0. The zero-order chi connectivity index (χ0) is 17.0. The lowest BCUT2D eigenvalue weighted by atomic mass is 10.1. The normalized spacial score (nSPS) is 11.5. The fraction of sp³-hybridized carbons (Fsp3) is 0.118. The fourth-order valence-corrected chi connectivity index (χ4v) is 3.29. The Balaban J connectivity index is 1.64. The van der Waals surface area contributed by atoms with Crippen molar-refractivity contribution in [2.24, 2.45) is 0 Å². The smallest absolute Gasteiger partial charge is 0.240 e. The molecule has 0 saturated carbocycles. The largest absolute Gasteiger partial charge is 0.268 e. The van der Waals surface area contributed by atoms with Gasteiger partial charge in [0.1, 0.15) is 5.82 Å². The van der Waals surface area contributed by atoms with Gasteiger partial charge in [-0.05, 0) is 35.4 Å². The van der Waals surface area contributed by atoms with E-state index >= 15 is 0 Å². The van der Waals surface area contributed by atoms with Crippen LogP contribution in [0.2, 0.25) is 0 Å². The Morgan fingerprint density at radius 2 is 1.79 bits per heavy atom. The van der Waals surface area contributed by atoms with Gasteiger partial charge in [-0.1, -0.05) is 30.3 Å². The Morgan fingerprint density at radius 1 is 1.04 bits per heavy atom. The van der Waals surface area contributed by atoms with Gasteiger partial charge in [0.05, 0.1) is 11.4 Å². The molecule has 24 heavy (non-hydrogen) atoms. The maximum Gasteiger partial charge on any atom is 0.240 e. The molecular formula is C17H16FN3O2S. The summed E-state index contributed by atoms with van der Waals surface area (Å²) < 4.78 is 41.7. The predicted molar refractivity (Wildman–Crippen MR) is 88.2 cm³/mol. The molecule has 0 radical (unpaired) electrons. The first-order chi connectivity index (χ1) is 11.5. The zero-order valence-corrected chi connectivity index (χ0v) is 13.6. The van der Waals surface area contributed by atoms with Crippen LogP contribution in [-0.4, -0.2) is 18.2 Å². The number of nitrogens with zero attached hydrogens (tertiary/aromatic N) is 2. The van der Waals surface area contributed by atoms with Crippen LogP contribution in [0.4, 0.5) is 4.39 Å².